The van der Waals surface area contributed by atoms with Crippen LogP contribution in [0.2, 0.25) is 0 Å². The first kappa shape index (κ1) is 19.5. The highest BCUT2D eigenvalue weighted by Gasteiger charge is 2.32. The fraction of sp³-hybridized carbons (Fsp3) is 0.400. The van der Waals surface area contributed by atoms with Gasteiger partial charge in [0.15, 0.2) is 0 Å². The van der Waals surface area contributed by atoms with Crippen molar-refractivity contribution in [3.8, 4) is 0 Å². The molecule has 0 bridgehead atoms. The molecule has 0 radical (unpaired) electrons. The van der Waals surface area contributed by atoms with Gasteiger partial charge in [0.05, 0.1) is 9.82 Å². The van der Waals surface area contributed by atoms with E-state index in [-0.39, 0.29) is 22.4 Å². The van der Waals surface area contributed by atoms with E-state index in [0.717, 1.165) is 18.4 Å². The molecular weight excluding hydrogens is 364 g/mol. The standard InChI is InChI=1S/C20H24N2O4S/c1-15(2)17-12-18(16-6-4-3-5-7-16)14-21(13-17)27(25,26)20-10-8-19(9-11-20)22(23)24/h3-4,6,8-12,15,18H,5,7,13-14H2,1-2H3. The third-order valence-corrected chi connectivity index (χ3v) is 6.95. The second-order valence-corrected chi connectivity index (χ2v) is 9.20. The summed E-state index contributed by atoms with van der Waals surface area (Å²) in [6, 6.07) is 5.11. The Morgan fingerprint density at radius 3 is 2.48 bits per heavy atom. The largest absolute Gasteiger partial charge is 0.269 e. The molecule has 1 aliphatic heterocycles. The van der Waals surface area contributed by atoms with E-state index in [4.69, 9.17) is 0 Å². The van der Waals surface area contributed by atoms with Gasteiger partial charge in [-0.1, -0.05) is 49.3 Å². The molecule has 1 heterocycles. The van der Waals surface area contributed by atoms with Crippen molar-refractivity contribution in [2.24, 2.45) is 11.8 Å². The molecule has 144 valence electrons. The minimum Gasteiger partial charge on any atom is -0.258 e. The molecule has 6 nitrogen and oxygen atoms in total. The van der Waals surface area contributed by atoms with E-state index in [1.165, 1.54) is 34.1 Å². The Hall–Kier alpha value is -2.25. The third-order valence-electron chi connectivity index (χ3n) is 5.12. The number of benzene rings is 1. The van der Waals surface area contributed by atoms with Crippen LogP contribution in [0.4, 0.5) is 5.69 Å². The van der Waals surface area contributed by atoms with Gasteiger partial charge in [0.25, 0.3) is 5.69 Å². The lowest BCUT2D eigenvalue weighted by molar-refractivity contribution is -0.384. The van der Waals surface area contributed by atoms with Crippen LogP contribution in [0.1, 0.15) is 26.7 Å². The van der Waals surface area contributed by atoms with Crippen molar-refractivity contribution in [1.29, 1.82) is 0 Å². The van der Waals surface area contributed by atoms with Crippen molar-refractivity contribution in [1.82, 2.24) is 4.31 Å². The number of non-ortho nitro benzene ring substituents is 1. The normalized spacial score (nSPS) is 21.1. The second kappa shape index (κ2) is 7.78. The Labute approximate surface area is 160 Å². The SMILES string of the molecule is CC(C)C1=CC(C2=CC=CCC2)CN(S(=O)(=O)c2ccc([N+](=O)[O-])cc2)C1. The first-order valence-electron chi connectivity index (χ1n) is 9.10. The number of nitrogens with zero attached hydrogens (tertiary/aromatic N) is 2. The van der Waals surface area contributed by atoms with Crippen LogP contribution in [0.15, 0.2) is 64.6 Å². The predicted octanol–water partition coefficient (Wildman–Crippen LogP) is 4.07. The maximum absolute atomic E-state index is 13.2. The number of allylic oxidation sites excluding steroid dienone is 3. The second-order valence-electron chi connectivity index (χ2n) is 7.26. The molecule has 7 heteroatoms. The lowest BCUT2D eigenvalue weighted by Gasteiger charge is -2.34. The first-order valence-corrected chi connectivity index (χ1v) is 10.5. The molecule has 1 aromatic rings. The summed E-state index contributed by atoms with van der Waals surface area (Å²) >= 11 is 0. The molecule has 0 saturated carbocycles. The summed E-state index contributed by atoms with van der Waals surface area (Å²) in [6.45, 7) is 4.89. The van der Waals surface area contributed by atoms with E-state index in [1.807, 2.05) is 6.08 Å². The molecule has 3 rings (SSSR count). The molecule has 0 saturated heterocycles. The average Bonchev–Trinajstić information content (AvgIpc) is 2.68. The van der Waals surface area contributed by atoms with Crippen molar-refractivity contribution in [2.75, 3.05) is 13.1 Å². The molecule has 0 amide bonds. The Bertz CT molecular complexity index is 912. The Morgan fingerprint density at radius 2 is 1.93 bits per heavy atom. The monoisotopic (exact) mass is 388 g/mol. The zero-order valence-corrected chi connectivity index (χ0v) is 16.4. The highest BCUT2D eigenvalue weighted by molar-refractivity contribution is 7.89. The molecule has 0 N–H and O–H groups in total. The van der Waals surface area contributed by atoms with E-state index < -0.39 is 14.9 Å². The lowest BCUT2D eigenvalue weighted by atomic mass is 9.86. The fourth-order valence-electron chi connectivity index (χ4n) is 3.45. The van der Waals surface area contributed by atoms with Gasteiger partial charge in [-0.15, -0.1) is 0 Å². The van der Waals surface area contributed by atoms with Crippen LogP contribution in [-0.2, 0) is 10.0 Å². The molecule has 1 atom stereocenters. The number of hydrogen-bond donors (Lipinski definition) is 0. The summed E-state index contributed by atoms with van der Waals surface area (Å²) in [4.78, 5) is 10.4. The van der Waals surface area contributed by atoms with Crippen LogP contribution < -0.4 is 0 Å². The molecule has 2 aliphatic rings. The van der Waals surface area contributed by atoms with E-state index in [2.05, 4.69) is 32.1 Å². The third kappa shape index (κ3) is 4.20. The quantitative estimate of drug-likeness (QED) is 0.432. The van der Waals surface area contributed by atoms with Crippen LogP contribution in [0.5, 0.6) is 0 Å². The minimum atomic E-state index is -3.72. The smallest absolute Gasteiger partial charge is 0.258 e. The van der Waals surface area contributed by atoms with Crippen LogP contribution in [0, 0.1) is 22.0 Å². The van der Waals surface area contributed by atoms with Crippen molar-refractivity contribution in [3.05, 3.63) is 69.8 Å². The van der Waals surface area contributed by atoms with Gasteiger partial charge in [-0.3, -0.25) is 10.1 Å². The van der Waals surface area contributed by atoms with Gasteiger partial charge in [-0.2, -0.15) is 4.31 Å². The Morgan fingerprint density at radius 1 is 1.22 bits per heavy atom. The van der Waals surface area contributed by atoms with Crippen molar-refractivity contribution in [2.45, 2.75) is 31.6 Å². The fourth-order valence-corrected chi connectivity index (χ4v) is 4.91. The highest BCUT2D eigenvalue weighted by Crippen LogP contribution is 2.32. The Kier molecular flexibility index (Phi) is 5.62. The van der Waals surface area contributed by atoms with E-state index in [9.17, 15) is 18.5 Å². The molecule has 1 aliphatic carbocycles. The molecule has 1 aromatic carbocycles. The van der Waals surface area contributed by atoms with Crippen LogP contribution in [-0.4, -0.2) is 30.7 Å². The van der Waals surface area contributed by atoms with Crippen molar-refractivity contribution >= 4 is 15.7 Å². The molecule has 27 heavy (non-hydrogen) atoms. The summed E-state index contributed by atoms with van der Waals surface area (Å²) in [5.41, 5.74) is 2.24. The zero-order valence-electron chi connectivity index (χ0n) is 15.5. The van der Waals surface area contributed by atoms with E-state index in [1.54, 1.807) is 0 Å². The van der Waals surface area contributed by atoms with Crippen LogP contribution in [0.3, 0.4) is 0 Å². The van der Waals surface area contributed by atoms with Gasteiger partial charge in [0, 0.05) is 31.1 Å². The summed E-state index contributed by atoms with van der Waals surface area (Å²) in [5.74, 6) is 0.316. The number of sulfonamides is 1. The first-order chi connectivity index (χ1) is 12.8. The van der Waals surface area contributed by atoms with Crippen LogP contribution >= 0.6 is 0 Å². The van der Waals surface area contributed by atoms with Gasteiger partial charge in [-0.25, -0.2) is 8.42 Å². The number of nitro groups is 1. The number of hydrogen-bond acceptors (Lipinski definition) is 4. The maximum atomic E-state index is 13.2. The van der Waals surface area contributed by atoms with Crippen molar-refractivity contribution < 1.29 is 13.3 Å². The topological polar surface area (TPSA) is 80.5 Å². The highest BCUT2D eigenvalue weighted by atomic mass is 32.2. The molecule has 0 aromatic heterocycles. The minimum absolute atomic E-state index is 0.0638. The van der Waals surface area contributed by atoms with Gasteiger partial charge in [0.2, 0.25) is 10.0 Å². The maximum Gasteiger partial charge on any atom is 0.269 e. The summed E-state index contributed by atoms with van der Waals surface area (Å²) in [7, 11) is -3.72. The van der Waals surface area contributed by atoms with Crippen LogP contribution in [0.25, 0.3) is 0 Å². The van der Waals surface area contributed by atoms with E-state index in [0.29, 0.717) is 13.1 Å². The zero-order chi connectivity index (χ0) is 19.6. The summed E-state index contributed by atoms with van der Waals surface area (Å²) in [6.07, 6.45) is 10.4. The Balaban J connectivity index is 1.92. The predicted molar refractivity (Wildman–Crippen MR) is 105 cm³/mol. The molecule has 1 unspecified atom stereocenters. The van der Waals surface area contributed by atoms with Gasteiger partial charge >= 0.3 is 0 Å². The van der Waals surface area contributed by atoms with Gasteiger partial charge in [-0.05, 0) is 30.9 Å². The average molecular weight is 388 g/mol. The lowest BCUT2D eigenvalue weighted by Crippen LogP contribution is -2.41. The molecular formula is C20H24N2O4S. The number of rotatable bonds is 5. The molecule has 0 spiro atoms. The summed E-state index contributed by atoms with van der Waals surface area (Å²) in [5, 5.41) is 10.8. The van der Waals surface area contributed by atoms with E-state index >= 15 is 0 Å². The number of nitro benzene ring substituents is 1. The van der Waals surface area contributed by atoms with Crippen molar-refractivity contribution in [3.63, 3.8) is 0 Å². The molecule has 0 fully saturated rings. The summed E-state index contributed by atoms with van der Waals surface area (Å²) < 4.78 is 27.8. The van der Waals surface area contributed by atoms with Gasteiger partial charge in [0.1, 0.15) is 0 Å². The van der Waals surface area contributed by atoms with Gasteiger partial charge < -0.3 is 0 Å².